The summed E-state index contributed by atoms with van der Waals surface area (Å²) in [7, 11) is 1.57. The first-order valence-corrected chi connectivity index (χ1v) is 9.10. The second-order valence-electron chi connectivity index (χ2n) is 6.30. The van der Waals surface area contributed by atoms with Crippen molar-refractivity contribution in [1.29, 1.82) is 0 Å². The van der Waals surface area contributed by atoms with Crippen LogP contribution >= 0.6 is 11.6 Å². The second kappa shape index (κ2) is 6.13. The minimum absolute atomic E-state index is 0.0685. The van der Waals surface area contributed by atoms with Crippen LogP contribution < -0.4 is 4.74 Å². The van der Waals surface area contributed by atoms with Gasteiger partial charge in [0.15, 0.2) is 16.2 Å². The van der Waals surface area contributed by atoms with E-state index in [-0.39, 0.29) is 12.5 Å². The number of ether oxygens (including phenoxy) is 2. The Morgan fingerprint density at radius 2 is 2.00 bits per heavy atom. The standard InChI is InChI=1S/C16H18ClNO5S/c1-16(2)12(18-13(19)11(17)14(18)24(16)21)15(20)23-8-9-4-6-10(22-3)7-5-9/h4-7,11-12,14H,8H2,1-3H3/t11-,12+,14-,24?/m1/s1. The fourth-order valence-electron chi connectivity index (χ4n) is 3.04. The topological polar surface area (TPSA) is 78.9 Å². The minimum Gasteiger partial charge on any atom is -0.614 e. The number of fused-ring (bicyclic) bond motifs is 1. The lowest BCUT2D eigenvalue weighted by Crippen LogP contribution is -2.64. The molecule has 4 atom stereocenters. The zero-order valence-electron chi connectivity index (χ0n) is 13.5. The summed E-state index contributed by atoms with van der Waals surface area (Å²) in [5.41, 5.74) is 0.794. The molecule has 0 spiro atoms. The Labute approximate surface area is 148 Å². The maximum atomic E-state index is 12.5. The van der Waals surface area contributed by atoms with E-state index >= 15 is 0 Å². The number of hydrogen-bond donors (Lipinski definition) is 0. The SMILES string of the molecule is COc1ccc(COC(=O)[C@@H]2N3C(=O)[C@@H](Cl)[C@H]3[S+]([O-])C2(C)C)cc1. The van der Waals surface area contributed by atoms with E-state index in [0.717, 1.165) is 5.56 Å². The fraction of sp³-hybridized carbons (Fsp3) is 0.500. The van der Waals surface area contributed by atoms with Gasteiger partial charge >= 0.3 is 5.97 Å². The minimum atomic E-state index is -1.42. The van der Waals surface area contributed by atoms with E-state index in [1.54, 1.807) is 45.2 Å². The number of carbonyl (C=O) groups excluding carboxylic acids is 2. The third kappa shape index (κ3) is 2.55. The van der Waals surface area contributed by atoms with Crippen molar-refractivity contribution >= 4 is 34.7 Å². The van der Waals surface area contributed by atoms with Crippen LogP contribution in [0.5, 0.6) is 5.75 Å². The quantitative estimate of drug-likeness (QED) is 0.346. The number of nitrogens with zero attached hydrogens (tertiary/aromatic N) is 1. The molecule has 0 radical (unpaired) electrons. The molecule has 2 heterocycles. The summed E-state index contributed by atoms with van der Waals surface area (Å²) in [5, 5.41) is -1.45. The third-order valence-electron chi connectivity index (χ3n) is 4.45. The highest BCUT2D eigenvalue weighted by Crippen LogP contribution is 2.47. The Bertz CT molecular complexity index is 665. The molecule has 1 aromatic rings. The Morgan fingerprint density at radius 1 is 1.38 bits per heavy atom. The van der Waals surface area contributed by atoms with E-state index in [0.29, 0.717) is 5.75 Å². The van der Waals surface area contributed by atoms with Gasteiger partial charge in [-0.2, -0.15) is 0 Å². The number of rotatable bonds is 4. The van der Waals surface area contributed by atoms with Gasteiger partial charge in [-0.15, -0.1) is 11.6 Å². The molecule has 0 aromatic heterocycles. The summed E-state index contributed by atoms with van der Waals surface area (Å²) in [4.78, 5) is 25.8. The lowest BCUT2D eigenvalue weighted by Gasteiger charge is -2.37. The van der Waals surface area contributed by atoms with Crippen LogP contribution in [0.1, 0.15) is 19.4 Å². The summed E-state index contributed by atoms with van der Waals surface area (Å²) in [6.45, 7) is 3.45. The number of hydrogen-bond acceptors (Lipinski definition) is 5. The first kappa shape index (κ1) is 17.4. The fourth-order valence-corrected chi connectivity index (χ4v) is 5.38. The number of amides is 1. The Morgan fingerprint density at radius 3 is 2.58 bits per heavy atom. The van der Waals surface area contributed by atoms with Crippen molar-refractivity contribution < 1.29 is 23.6 Å². The van der Waals surface area contributed by atoms with Crippen molar-refractivity contribution in [2.45, 2.75) is 42.0 Å². The molecule has 3 rings (SSSR count). The van der Waals surface area contributed by atoms with E-state index < -0.39 is 38.7 Å². The average molecular weight is 372 g/mol. The van der Waals surface area contributed by atoms with E-state index in [2.05, 4.69) is 0 Å². The molecule has 1 unspecified atom stereocenters. The highest BCUT2D eigenvalue weighted by atomic mass is 35.5. The van der Waals surface area contributed by atoms with E-state index in [1.165, 1.54) is 4.90 Å². The molecule has 8 heteroatoms. The molecule has 1 amide bonds. The second-order valence-corrected chi connectivity index (χ2v) is 8.90. The summed E-state index contributed by atoms with van der Waals surface area (Å²) >= 11 is 4.53. The predicted molar refractivity (Wildman–Crippen MR) is 89.1 cm³/mol. The lowest BCUT2D eigenvalue weighted by atomic mass is 9.98. The van der Waals surface area contributed by atoms with Gasteiger partial charge in [0.1, 0.15) is 12.4 Å². The van der Waals surface area contributed by atoms with Gasteiger partial charge in [0.05, 0.1) is 7.11 Å². The highest BCUT2D eigenvalue weighted by Gasteiger charge is 2.72. The number of methoxy groups -OCH3 is 1. The van der Waals surface area contributed by atoms with Gasteiger partial charge in [0.25, 0.3) is 5.91 Å². The monoisotopic (exact) mass is 371 g/mol. The van der Waals surface area contributed by atoms with Crippen molar-refractivity contribution in [3.05, 3.63) is 29.8 Å². The molecule has 0 saturated carbocycles. The van der Waals surface area contributed by atoms with Gasteiger partial charge in [0.2, 0.25) is 5.37 Å². The van der Waals surface area contributed by atoms with E-state index in [9.17, 15) is 14.1 Å². The highest BCUT2D eigenvalue weighted by molar-refractivity contribution is 7.94. The first-order chi connectivity index (χ1) is 11.3. The van der Waals surface area contributed by atoms with Gasteiger partial charge in [0, 0.05) is 0 Å². The number of halogens is 1. The van der Waals surface area contributed by atoms with Gasteiger partial charge in [-0.1, -0.05) is 12.1 Å². The molecule has 6 nitrogen and oxygen atoms in total. The van der Waals surface area contributed by atoms with E-state index in [4.69, 9.17) is 21.1 Å². The van der Waals surface area contributed by atoms with Crippen LogP contribution in [-0.2, 0) is 32.1 Å². The van der Waals surface area contributed by atoms with Crippen molar-refractivity contribution in [1.82, 2.24) is 4.90 Å². The summed E-state index contributed by atoms with van der Waals surface area (Å²) < 4.78 is 22.0. The van der Waals surface area contributed by atoms with Crippen LogP contribution in [0.3, 0.4) is 0 Å². The van der Waals surface area contributed by atoms with Crippen LogP contribution in [0.15, 0.2) is 24.3 Å². The van der Waals surface area contributed by atoms with Crippen molar-refractivity contribution in [3.63, 3.8) is 0 Å². The van der Waals surface area contributed by atoms with Gasteiger partial charge in [-0.3, -0.25) is 9.69 Å². The smallest absolute Gasteiger partial charge is 0.334 e. The van der Waals surface area contributed by atoms with E-state index in [1.807, 2.05) is 0 Å². The zero-order valence-corrected chi connectivity index (χ0v) is 15.1. The average Bonchev–Trinajstić information content (AvgIpc) is 2.77. The summed E-state index contributed by atoms with van der Waals surface area (Å²) in [6.07, 6.45) is 0. The largest absolute Gasteiger partial charge is 0.614 e. The van der Waals surface area contributed by atoms with Gasteiger partial charge < -0.3 is 14.0 Å². The molecular weight excluding hydrogens is 354 g/mol. The normalized spacial score (nSPS) is 30.5. The molecular formula is C16H18ClNO5S. The van der Waals surface area contributed by atoms with Crippen LogP contribution in [0.2, 0.25) is 0 Å². The van der Waals surface area contributed by atoms with Crippen LogP contribution in [0.25, 0.3) is 0 Å². The molecule has 2 aliphatic rings. The predicted octanol–water partition coefficient (Wildman–Crippen LogP) is 1.42. The Balaban J connectivity index is 1.70. The molecule has 0 N–H and O–H groups in total. The molecule has 130 valence electrons. The molecule has 2 saturated heterocycles. The van der Waals surface area contributed by atoms with Crippen molar-refractivity contribution in [3.8, 4) is 5.75 Å². The van der Waals surface area contributed by atoms with Crippen LogP contribution in [-0.4, -0.2) is 50.0 Å². The maximum absolute atomic E-state index is 12.5. The molecule has 24 heavy (non-hydrogen) atoms. The number of alkyl halides is 1. The Hall–Kier alpha value is -1.44. The maximum Gasteiger partial charge on any atom is 0.334 e. The number of esters is 1. The number of carbonyl (C=O) groups is 2. The van der Waals surface area contributed by atoms with Gasteiger partial charge in [-0.25, -0.2) is 4.79 Å². The number of β-lactam (4-membered cyclic amide) rings is 1. The zero-order chi connectivity index (χ0) is 17.6. The molecule has 2 fully saturated rings. The lowest BCUT2D eigenvalue weighted by molar-refractivity contribution is -0.161. The Kier molecular flexibility index (Phi) is 4.44. The molecule has 0 aliphatic carbocycles. The number of benzene rings is 1. The summed E-state index contributed by atoms with van der Waals surface area (Å²) in [6, 6.07) is 6.23. The molecule has 1 aromatic carbocycles. The molecule has 0 bridgehead atoms. The van der Waals surface area contributed by atoms with Crippen LogP contribution in [0, 0.1) is 0 Å². The van der Waals surface area contributed by atoms with Crippen molar-refractivity contribution in [2.75, 3.05) is 7.11 Å². The summed E-state index contributed by atoms with van der Waals surface area (Å²) in [5.74, 6) is -0.227. The van der Waals surface area contributed by atoms with Crippen LogP contribution in [0.4, 0.5) is 0 Å². The van der Waals surface area contributed by atoms with Crippen molar-refractivity contribution in [2.24, 2.45) is 0 Å². The third-order valence-corrected chi connectivity index (χ3v) is 7.23. The van der Waals surface area contributed by atoms with Gasteiger partial charge in [-0.05, 0) is 42.7 Å². The molecule has 2 aliphatic heterocycles. The first-order valence-electron chi connectivity index (χ1n) is 7.45.